The lowest BCUT2D eigenvalue weighted by atomic mass is 10.1. The van der Waals surface area contributed by atoms with Gasteiger partial charge in [0.05, 0.1) is 18.8 Å². The van der Waals surface area contributed by atoms with E-state index in [2.05, 4.69) is 0 Å². The van der Waals surface area contributed by atoms with E-state index in [0.717, 1.165) is 16.1 Å². The van der Waals surface area contributed by atoms with Gasteiger partial charge in [-0.3, -0.25) is 0 Å². The summed E-state index contributed by atoms with van der Waals surface area (Å²) in [5, 5.41) is 10.7. The normalized spacial score (nSPS) is 12.1. The third-order valence-corrected chi connectivity index (χ3v) is 3.90. The smallest absolute Gasteiger partial charge is 0.136 e. The van der Waals surface area contributed by atoms with Crippen molar-refractivity contribution in [1.29, 1.82) is 0 Å². The highest BCUT2D eigenvalue weighted by Gasteiger charge is 2.16. The summed E-state index contributed by atoms with van der Waals surface area (Å²) in [5.74, 6) is 1.86. The maximum atomic E-state index is 9.97. The van der Waals surface area contributed by atoms with Crippen LogP contribution < -0.4 is 9.47 Å². The molecule has 21 heavy (non-hydrogen) atoms. The van der Waals surface area contributed by atoms with Gasteiger partial charge in [0.15, 0.2) is 0 Å². The number of hydrogen-bond donors (Lipinski definition) is 1. The van der Waals surface area contributed by atoms with Gasteiger partial charge in [-0.05, 0) is 56.2 Å². The van der Waals surface area contributed by atoms with E-state index < -0.39 is 6.10 Å². The Morgan fingerprint density at radius 1 is 1.10 bits per heavy atom. The molecule has 0 amide bonds. The van der Waals surface area contributed by atoms with Crippen LogP contribution in [-0.4, -0.2) is 12.2 Å². The van der Waals surface area contributed by atoms with Gasteiger partial charge in [-0.25, -0.2) is 0 Å². The lowest BCUT2D eigenvalue weighted by Crippen LogP contribution is -2.00. The number of hydrogen-bond acceptors (Lipinski definition) is 3. The molecule has 0 heterocycles. The molecule has 0 aromatic heterocycles. The summed E-state index contributed by atoms with van der Waals surface area (Å²) in [5.41, 5.74) is 2.53. The fourth-order valence-electron chi connectivity index (χ4n) is 2.29. The van der Waals surface area contributed by atoms with Gasteiger partial charge in [-0.1, -0.05) is 17.7 Å². The Morgan fingerprint density at radius 2 is 1.67 bits per heavy atom. The van der Waals surface area contributed by atoms with Crippen molar-refractivity contribution in [3.63, 3.8) is 0 Å². The Hall–Kier alpha value is -1.71. The Morgan fingerprint density at radius 3 is 2.19 bits per heavy atom. The third-order valence-electron chi connectivity index (χ3n) is 3.30. The number of methoxy groups -OCH3 is 1. The van der Waals surface area contributed by atoms with Crippen LogP contribution in [0.1, 0.15) is 29.7 Å². The Bertz CT molecular complexity index is 627. The summed E-state index contributed by atoms with van der Waals surface area (Å²) < 4.78 is 11.2. The molecule has 1 atom stereocenters. The van der Waals surface area contributed by atoms with Gasteiger partial charge in [0.1, 0.15) is 17.2 Å². The molecule has 0 aliphatic carbocycles. The Kier molecular flexibility index (Phi) is 4.76. The molecule has 4 heteroatoms. The molecule has 1 N–H and O–H groups in total. The molecule has 2 aromatic rings. The number of rotatable bonds is 4. The van der Waals surface area contributed by atoms with Crippen LogP contribution in [0, 0.1) is 13.8 Å². The fourth-order valence-corrected chi connectivity index (χ4v) is 2.40. The molecule has 0 aliphatic heterocycles. The van der Waals surface area contributed by atoms with Crippen LogP contribution in [0.2, 0.25) is 5.02 Å². The average molecular weight is 307 g/mol. The number of aliphatic hydroxyl groups is 1. The number of benzene rings is 2. The number of ether oxygens (including phenoxy) is 2. The largest absolute Gasteiger partial charge is 0.496 e. The summed E-state index contributed by atoms with van der Waals surface area (Å²) in [4.78, 5) is 0. The molecule has 0 fully saturated rings. The fraction of sp³-hybridized carbons (Fsp3) is 0.294. The molecule has 112 valence electrons. The highest BCUT2D eigenvalue weighted by atomic mass is 35.5. The summed E-state index contributed by atoms with van der Waals surface area (Å²) in [6, 6.07) is 9.19. The Labute approximate surface area is 130 Å². The van der Waals surface area contributed by atoms with E-state index in [9.17, 15) is 5.11 Å². The van der Waals surface area contributed by atoms with Gasteiger partial charge >= 0.3 is 0 Å². The molecule has 3 nitrogen and oxygen atoms in total. The predicted octanol–water partition coefficient (Wildman–Crippen LogP) is 4.81. The second-order valence-electron chi connectivity index (χ2n) is 5.02. The minimum atomic E-state index is -0.689. The van der Waals surface area contributed by atoms with Crippen molar-refractivity contribution in [2.45, 2.75) is 26.9 Å². The zero-order valence-corrected chi connectivity index (χ0v) is 13.4. The third kappa shape index (κ3) is 3.31. The molecule has 0 saturated heterocycles. The van der Waals surface area contributed by atoms with Crippen LogP contribution in [0.5, 0.6) is 17.2 Å². The van der Waals surface area contributed by atoms with Gasteiger partial charge in [0.2, 0.25) is 0 Å². The van der Waals surface area contributed by atoms with Gasteiger partial charge in [0.25, 0.3) is 0 Å². The molecule has 0 unspecified atom stereocenters. The van der Waals surface area contributed by atoms with Crippen molar-refractivity contribution in [2.24, 2.45) is 0 Å². The van der Waals surface area contributed by atoms with Crippen LogP contribution in [0.4, 0.5) is 0 Å². The maximum absolute atomic E-state index is 9.97. The summed E-state index contributed by atoms with van der Waals surface area (Å²) in [6.07, 6.45) is -0.689. The van der Waals surface area contributed by atoms with Crippen LogP contribution in [0.25, 0.3) is 0 Å². The molecule has 0 saturated carbocycles. The molecule has 0 radical (unpaired) electrons. The van der Waals surface area contributed by atoms with Crippen molar-refractivity contribution >= 4 is 11.6 Å². The first kappa shape index (κ1) is 15.7. The summed E-state index contributed by atoms with van der Waals surface area (Å²) >= 11 is 6.17. The SMILES string of the molecule is COc1cccc(Oc2cc(C)c(Cl)c(C)c2)c1[C@@H](C)O. The first-order valence-electron chi connectivity index (χ1n) is 6.73. The van der Waals surface area contributed by atoms with Gasteiger partial charge in [-0.2, -0.15) is 0 Å². The predicted molar refractivity (Wildman–Crippen MR) is 84.6 cm³/mol. The van der Waals surface area contributed by atoms with Crippen molar-refractivity contribution < 1.29 is 14.6 Å². The van der Waals surface area contributed by atoms with Crippen molar-refractivity contribution in [3.05, 3.63) is 52.0 Å². The minimum Gasteiger partial charge on any atom is -0.496 e. The zero-order valence-electron chi connectivity index (χ0n) is 12.6. The minimum absolute atomic E-state index is 0.575. The highest BCUT2D eigenvalue weighted by Crippen LogP contribution is 2.37. The van der Waals surface area contributed by atoms with Crippen molar-refractivity contribution in [3.8, 4) is 17.2 Å². The first-order chi connectivity index (χ1) is 9.93. The zero-order chi connectivity index (χ0) is 15.6. The standard InChI is InChI=1S/C17H19ClO3/c1-10-8-13(9-11(2)17(10)18)21-15-7-5-6-14(20-4)16(15)12(3)19/h5-9,12,19H,1-4H3/t12-/m1/s1. The molecule has 2 rings (SSSR count). The van der Waals surface area contributed by atoms with Gasteiger partial charge < -0.3 is 14.6 Å². The van der Waals surface area contributed by atoms with Gasteiger partial charge in [-0.15, -0.1) is 0 Å². The van der Waals surface area contributed by atoms with Gasteiger partial charge in [0, 0.05) is 5.02 Å². The van der Waals surface area contributed by atoms with E-state index in [1.54, 1.807) is 20.1 Å². The number of halogens is 1. The maximum Gasteiger partial charge on any atom is 0.136 e. The van der Waals surface area contributed by atoms with E-state index in [1.807, 2.05) is 38.1 Å². The second kappa shape index (κ2) is 6.37. The van der Waals surface area contributed by atoms with Crippen LogP contribution in [0.15, 0.2) is 30.3 Å². The van der Waals surface area contributed by atoms with Crippen molar-refractivity contribution in [2.75, 3.05) is 7.11 Å². The lowest BCUT2D eigenvalue weighted by molar-refractivity contribution is 0.190. The molecule has 2 aromatic carbocycles. The number of aryl methyl sites for hydroxylation is 2. The van der Waals surface area contributed by atoms with E-state index in [0.29, 0.717) is 22.8 Å². The van der Waals surface area contributed by atoms with E-state index in [-0.39, 0.29) is 0 Å². The van der Waals surface area contributed by atoms with Crippen LogP contribution in [0.3, 0.4) is 0 Å². The highest BCUT2D eigenvalue weighted by molar-refractivity contribution is 6.32. The van der Waals surface area contributed by atoms with Crippen LogP contribution >= 0.6 is 11.6 Å². The molecule has 0 aliphatic rings. The quantitative estimate of drug-likeness (QED) is 0.881. The monoisotopic (exact) mass is 306 g/mol. The number of aliphatic hydroxyl groups excluding tert-OH is 1. The van der Waals surface area contributed by atoms with Crippen molar-refractivity contribution in [1.82, 2.24) is 0 Å². The second-order valence-corrected chi connectivity index (χ2v) is 5.40. The lowest BCUT2D eigenvalue weighted by Gasteiger charge is -2.17. The van der Waals surface area contributed by atoms with E-state index in [1.165, 1.54) is 0 Å². The molecule has 0 spiro atoms. The molecular formula is C17H19ClO3. The Balaban J connectivity index is 2.44. The average Bonchev–Trinajstić information content (AvgIpc) is 2.44. The van der Waals surface area contributed by atoms with E-state index >= 15 is 0 Å². The topological polar surface area (TPSA) is 38.7 Å². The van der Waals surface area contributed by atoms with E-state index in [4.69, 9.17) is 21.1 Å². The summed E-state index contributed by atoms with van der Waals surface area (Å²) in [7, 11) is 1.57. The summed E-state index contributed by atoms with van der Waals surface area (Å²) in [6.45, 7) is 5.55. The molecule has 0 bridgehead atoms. The van der Waals surface area contributed by atoms with Crippen LogP contribution in [-0.2, 0) is 0 Å². The first-order valence-corrected chi connectivity index (χ1v) is 7.11. The molecular weight excluding hydrogens is 288 g/mol.